The second kappa shape index (κ2) is 7.99. The van der Waals surface area contributed by atoms with Crippen molar-refractivity contribution < 1.29 is 13.9 Å². The van der Waals surface area contributed by atoms with Gasteiger partial charge in [0.1, 0.15) is 5.82 Å². The van der Waals surface area contributed by atoms with Crippen molar-refractivity contribution in [2.75, 3.05) is 25.0 Å². The van der Waals surface area contributed by atoms with Gasteiger partial charge in [-0.15, -0.1) is 11.3 Å². The van der Waals surface area contributed by atoms with Crippen LogP contribution in [0.5, 0.6) is 0 Å². The van der Waals surface area contributed by atoms with Crippen molar-refractivity contribution in [3.8, 4) is 0 Å². The molecule has 3 rings (SSSR count). The third-order valence-electron chi connectivity index (χ3n) is 3.98. The van der Waals surface area contributed by atoms with E-state index in [1.165, 1.54) is 24.5 Å². The van der Waals surface area contributed by atoms with Crippen molar-refractivity contribution in [2.45, 2.75) is 32.9 Å². The van der Waals surface area contributed by atoms with E-state index >= 15 is 0 Å². The van der Waals surface area contributed by atoms with Gasteiger partial charge in [-0.25, -0.2) is 9.37 Å². The van der Waals surface area contributed by atoms with Crippen molar-refractivity contribution in [3.05, 3.63) is 40.4 Å². The standard InChI is InChI=1S/C17H21FN4O2S/c1-11-5-13(19-8-16(11)18)6-14-9-22(3-4-24-14)10-15-7-20-17(25-15)21-12(2)23/h5,7-8,14H,3-4,6,9-10H2,1-2H3,(H,20,21,23). The van der Waals surface area contributed by atoms with Crippen molar-refractivity contribution in [2.24, 2.45) is 0 Å². The van der Waals surface area contributed by atoms with Gasteiger partial charge < -0.3 is 10.1 Å². The Balaban J connectivity index is 1.56. The number of thiazole rings is 1. The van der Waals surface area contributed by atoms with E-state index in [0.717, 1.165) is 30.2 Å². The fourth-order valence-corrected chi connectivity index (χ4v) is 3.70. The monoisotopic (exact) mass is 364 g/mol. The van der Waals surface area contributed by atoms with E-state index in [4.69, 9.17) is 4.74 Å². The van der Waals surface area contributed by atoms with Crippen LogP contribution in [0.4, 0.5) is 9.52 Å². The lowest BCUT2D eigenvalue weighted by molar-refractivity contribution is -0.114. The number of halogens is 1. The second-order valence-electron chi connectivity index (χ2n) is 6.17. The van der Waals surface area contributed by atoms with Crippen LogP contribution in [-0.4, -0.2) is 46.6 Å². The molecule has 25 heavy (non-hydrogen) atoms. The normalized spacial score (nSPS) is 18.3. The molecule has 1 saturated heterocycles. The highest BCUT2D eigenvalue weighted by Gasteiger charge is 2.22. The number of nitrogens with one attached hydrogen (secondary N) is 1. The van der Waals surface area contributed by atoms with E-state index < -0.39 is 0 Å². The van der Waals surface area contributed by atoms with Crippen LogP contribution in [0.15, 0.2) is 18.5 Å². The van der Waals surface area contributed by atoms with Crippen molar-refractivity contribution >= 4 is 22.4 Å². The number of aromatic nitrogens is 2. The minimum absolute atomic E-state index is 0.0360. The molecule has 1 N–H and O–H groups in total. The molecule has 0 spiro atoms. The van der Waals surface area contributed by atoms with E-state index in [0.29, 0.717) is 23.7 Å². The van der Waals surface area contributed by atoms with Crippen LogP contribution in [0, 0.1) is 12.7 Å². The van der Waals surface area contributed by atoms with Gasteiger partial charge in [0.15, 0.2) is 5.13 Å². The molecule has 2 aromatic heterocycles. The SMILES string of the molecule is CC(=O)Nc1ncc(CN2CCOC(Cc3cc(C)c(F)cn3)C2)s1. The second-order valence-corrected chi connectivity index (χ2v) is 7.28. The van der Waals surface area contributed by atoms with Gasteiger partial charge >= 0.3 is 0 Å². The van der Waals surface area contributed by atoms with Crippen LogP contribution in [-0.2, 0) is 22.5 Å². The largest absolute Gasteiger partial charge is 0.375 e. The van der Waals surface area contributed by atoms with Crippen molar-refractivity contribution in [3.63, 3.8) is 0 Å². The number of carbonyl (C=O) groups is 1. The fourth-order valence-electron chi connectivity index (χ4n) is 2.80. The van der Waals surface area contributed by atoms with Gasteiger partial charge in [-0.2, -0.15) is 0 Å². The number of anilines is 1. The van der Waals surface area contributed by atoms with Crippen LogP contribution in [0.1, 0.15) is 23.1 Å². The van der Waals surface area contributed by atoms with E-state index in [9.17, 15) is 9.18 Å². The molecule has 3 heterocycles. The van der Waals surface area contributed by atoms with Gasteiger partial charge in [0.25, 0.3) is 0 Å². The van der Waals surface area contributed by atoms with Crippen LogP contribution in [0.2, 0.25) is 0 Å². The number of pyridine rings is 1. The average Bonchev–Trinajstić information content (AvgIpc) is 2.97. The Kier molecular flexibility index (Phi) is 5.72. The van der Waals surface area contributed by atoms with E-state index in [-0.39, 0.29) is 17.8 Å². The zero-order valence-electron chi connectivity index (χ0n) is 14.3. The van der Waals surface area contributed by atoms with Crippen LogP contribution >= 0.6 is 11.3 Å². The Bertz CT molecular complexity index is 752. The highest BCUT2D eigenvalue weighted by molar-refractivity contribution is 7.15. The Morgan fingerprint density at radius 2 is 2.32 bits per heavy atom. The molecule has 134 valence electrons. The number of nitrogens with zero attached hydrogens (tertiary/aromatic N) is 3. The number of morpholine rings is 1. The van der Waals surface area contributed by atoms with E-state index in [2.05, 4.69) is 20.2 Å². The first kappa shape index (κ1) is 17.9. The summed E-state index contributed by atoms with van der Waals surface area (Å²) in [6, 6.07) is 1.78. The maximum absolute atomic E-state index is 13.3. The third kappa shape index (κ3) is 5.04. The predicted octanol–water partition coefficient (Wildman–Crippen LogP) is 2.39. The molecule has 8 heteroatoms. The Morgan fingerprint density at radius 1 is 1.48 bits per heavy atom. The summed E-state index contributed by atoms with van der Waals surface area (Å²) >= 11 is 1.48. The van der Waals surface area contributed by atoms with E-state index in [1.54, 1.807) is 19.2 Å². The van der Waals surface area contributed by atoms with Gasteiger partial charge in [0.05, 0.1) is 18.9 Å². The molecule has 1 fully saturated rings. The summed E-state index contributed by atoms with van der Waals surface area (Å²) in [5, 5.41) is 3.32. The number of amides is 1. The summed E-state index contributed by atoms with van der Waals surface area (Å²) in [6.45, 7) is 6.27. The molecule has 1 atom stereocenters. The van der Waals surface area contributed by atoms with Gasteiger partial charge in [-0.05, 0) is 18.6 Å². The number of aryl methyl sites for hydroxylation is 1. The molecular formula is C17H21FN4O2S. The predicted molar refractivity (Wildman–Crippen MR) is 94.1 cm³/mol. The highest BCUT2D eigenvalue weighted by Crippen LogP contribution is 2.21. The quantitative estimate of drug-likeness (QED) is 0.882. The Morgan fingerprint density at radius 3 is 3.08 bits per heavy atom. The summed E-state index contributed by atoms with van der Waals surface area (Å²) in [7, 11) is 0. The van der Waals surface area contributed by atoms with Crippen LogP contribution in [0.3, 0.4) is 0 Å². The zero-order valence-corrected chi connectivity index (χ0v) is 15.1. The molecule has 0 bridgehead atoms. The topological polar surface area (TPSA) is 67.4 Å². The lowest BCUT2D eigenvalue weighted by atomic mass is 10.1. The van der Waals surface area contributed by atoms with Crippen molar-refractivity contribution in [1.29, 1.82) is 0 Å². The van der Waals surface area contributed by atoms with Gasteiger partial charge in [-0.1, -0.05) is 0 Å². The maximum atomic E-state index is 13.3. The minimum atomic E-state index is -0.282. The third-order valence-corrected chi connectivity index (χ3v) is 4.88. The molecule has 1 aliphatic rings. The van der Waals surface area contributed by atoms with E-state index in [1.807, 2.05) is 0 Å². The summed E-state index contributed by atoms with van der Waals surface area (Å²) < 4.78 is 19.2. The number of hydrogen-bond acceptors (Lipinski definition) is 6. The zero-order chi connectivity index (χ0) is 17.8. The Labute approximate surface area is 150 Å². The summed E-state index contributed by atoms with van der Waals surface area (Å²) in [6.07, 6.45) is 3.77. The summed E-state index contributed by atoms with van der Waals surface area (Å²) in [5.74, 6) is -0.399. The lowest BCUT2D eigenvalue weighted by Gasteiger charge is -2.32. The van der Waals surface area contributed by atoms with Gasteiger partial charge in [-0.3, -0.25) is 14.7 Å². The molecular weight excluding hydrogens is 343 g/mol. The molecule has 1 unspecified atom stereocenters. The first-order valence-corrected chi connectivity index (χ1v) is 8.98. The Hall–Kier alpha value is -1.90. The first-order chi connectivity index (χ1) is 12.0. The van der Waals surface area contributed by atoms with Crippen LogP contribution < -0.4 is 5.32 Å². The van der Waals surface area contributed by atoms with Gasteiger partial charge in [0, 0.05) is 49.7 Å². The molecule has 6 nitrogen and oxygen atoms in total. The van der Waals surface area contributed by atoms with Gasteiger partial charge in [0.2, 0.25) is 5.91 Å². The molecule has 0 aromatic carbocycles. The molecule has 2 aromatic rings. The first-order valence-electron chi connectivity index (χ1n) is 8.17. The minimum Gasteiger partial charge on any atom is -0.375 e. The summed E-state index contributed by atoms with van der Waals surface area (Å²) in [5.41, 5.74) is 1.45. The fraction of sp³-hybridized carbons (Fsp3) is 0.471. The van der Waals surface area contributed by atoms with Crippen LogP contribution in [0.25, 0.3) is 0 Å². The number of hydrogen-bond donors (Lipinski definition) is 1. The molecule has 0 radical (unpaired) electrons. The average molecular weight is 364 g/mol. The number of rotatable bonds is 5. The number of carbonyl (C=O) groups excluding carboxylic acids is 1. The maximum Gasteiger partial charge on any atom is 0.223 e. The highest BCUT2D eigenvalue weighted by atomic mass is 32.1. The van der Waals surface area contributed by atoms with Crippen molar-refractivity contribution in [1.82, 2.24) is 14.9 Å². The summed E-state index contributed by atoms with van der Waals surface area (Å²) in [4.78, 5) is 22.8. The molecule has 0 saturated carbocycles. The number of ether oxygens (including phenoxy) is 1. The molecule has 0 aliphatic carbocycles. The smallest absolute Gasteiger partial charge is 0.223 e. The molecule has 1 aliphatic heterocycles. The lowest BCUT2D eigenvalue weighted by Crippen LogP contribution is -2.42. The molecule has 1 amide bonds.